The zero-order valence-corrected chi connectivity index (χ0v) is 20.4. The molecule has 0 N–H and O–H groups in total. The minimum atomic E-state index is 0.142. The van der Waals surface area contributed by atoms with Crippen molar-refractivity contribution in [1.29, 1.82) is 0 Å². The van der Waals surface area contributed by atoms with E-state index in [0.29, 0.717) is 25.7 Å². The topological polar surface area (TPSA) is 50.3 Å². The van der Waals surface area contributed by atoms with Crippen LogP contribution in [0, 0.1) is 0 Å². The normalized spacial score (nSPS) is 18.4. The molecule has 178 valence electrons. The molecule has 2 aliphatic rings. The third kappa shape index (κ3) is 6.94. The molecule has 3 rings (SSSR count). The van der Waals surface area contributed by atoms with Gasteiger partial charge in [-0.1, -0.05) is 31.4 Å². The minimum Gasteiger partial charge on any atom is -0.378 e. The number of hydrogen-bond acceptors (Lipinski definition) is 5. The molecule has 1 saturated carbocycles. The highest BCUT2D eigenvalue weighted by atomic mass is 16.2. The number of piperazine rings is 1. The number of carbonyl (C=O) groups is 2. The van der Waals surface area contributed by atoms with Crippen molar-refractivity contribution in [3.63, 3.8) is 0 Å². The van der Waals surface area contributed by atoms with Gasteiger partial charge in [0.15, 0.2) is 0 Å². The highest BCUT2D eigenvalue weighted by Gasteiger charge is 2.26. The van der Waals surface area contributed by atoms with Gasteiger partial charge in [0.1, 0.15) is 0 Å². The van der Waals surface area contributed by atoms with Gasteiger partial charge >= 0.3 is 0 Å². The van der Waals surface area contributed by atoms with Gasteiger partial charge in [-0.05, 0) is 30.5 Å². The van der Waals surface area contributed by atoms with E-state index in [-0.39, 0.29) is 11.8 Å². The van der Waals surface area contributed by atoms with Gasteiger partial charge in [0, 0.05) is 72.6 Å². The van der Waals surface area contributed by atoms with Crippen molar-refractivity contribution in [3.05, 3.63) is 29.8 Å². The lowest BCUT2D eigenvalue weighted by Gasteiger charge is -2.37. The Bertz CT molecular complexity index is 737. The summed E-state index contributed by atoms with van der Waals surface area (Å²) in [6, 6.07) is 8.75. The lowest BCUT2D eigenvalue weighted by Crippen LogP contribution is -2.52. The summed E-state index contributed by atoms with van der Waals surface area (Å²) < 4.78 is 0. The van der Waals surface area contributed by atoms with Crippen LogP contribution in [0.3, 0.4) is 0 Å². The Labute approximate surface area is 193 Å². The van der Waals surface area contributed by atoms with Crippen molar-refractivity contribution in [1.82, 2.24) is 19.6 Å². The van der Waals surface area contributed by atoms with Gasteiger partial charge < -0.3 is 14.7 Å². The molecule has 1 aromatic rings. The predicted molar refractivity (Wildman–Crippen MR) is 130 cm³/mol. The molecule has 2 amide bonds. The first-order valence-electron chi connectivity index (χ1n) is 12.0. The number of likely N-dealkylation sites (N-methyl/N-ethyl adjacent to an activating group) is 2. The first-order valence-corrected chi connectivity index (χ1v) is 12.0. The second kappa shape index (κ2) is 11.7. The summed E-state index contributed by atoms with van der Waals surface area (Å²) in [6.45, 7) is 4.90. The fourth-order valence-corrected chi connectivity index (χ4v) is 4.65. The van der Waals surface area contributed by atoms with E-state index in [0.717, 1.165) is 50.3 Å². The fourth-order valence-electron chi connectivity index (χ4n) is 4.65. The highest BCUT2D eigenvalue weighted by Crippen LogP contribution is 2.22. The van der Waals surface area contributed by atoms with Crippen molar-refractivity contribution in [2.24, 2.45) is 0 Å². The van der Waals surface area contributed by atoms with Crippen LogP contribution < -0.4 is 4.90 Å². The van der Waals surface area contributed by atoms with Gasteiger partial charge in [-0.15, -0.1) is 0 Å². The molecule has 1 aliphatic carbocycles. The molecule has 0 unspecified atom stereocenters. The van der Waals surface area contributed by atoms with E-state index >= 15 is 0 Å². The monoisotopic (exact) mass is 443 g/mol. The van der Waals surface area contributed by atoms with E-state index in [4.69, 9.17) is 0 Å². The van der Waals surface area contributed by atoms with Crippen LogP contribution in [-0.2, 0) is 16.1 Å². The molecule has 7 nitrogen and oxygen atoms in total. The Balaban J connectivity index is 1.38. The quantitative estimate of drug-likeness (QED) is 0.616. The maximum Gasteiger partial charge on any atom is 0.236 e. The van der Waals surface area contributed by atoms with E-state index in [2.05, 4.69) is 39.0 Å². The number of benzene rings is 1. The molecule has 0 aromatic heterocycles. The minimum absolute atomic E-state index is 0.142. The van der Waals surface area contributed by atoms with Crippen molar-refractivity contribution >= 4 is 17.5 Å². The highest BCUT2D eigenvalue weighted by molar-refractivity contribution is 5.78. The van der Waals surface area contributed by atoms with Crippen LogP contribution in [-0.4, -0.2) is 105 Å². The lowest BCUT2D eigenvalue weighted by atomic mass is 9.94. The van der Waals surface area contributed by atoms with Crippen LogP contribution in [0.2, 0.25) is 0 Å². The van der Waals surface area contributed by atoms with Crippen LogP contribution in [0.1, 0.15) is 37.7 Å². The van der Waals surface area contributed by atoms with E-state index in [1.807, 2.05) is 33.1 Å². The van der Waals surface area contributed by atoms with E-state index < -0.39 is 0 Å². The molecule has 1 heterocycles. The Kier molecular flexibility index (Phi) is 8.93. The average Bonchev–Trinajstić information content (AvgIpc) is 2.80. The maximum absolute atomic E-state index is 12.7. The van der Waals surface area contributed by atoms with E-state index in [1.54, 1.807) is 4.90 Å². The number of carbonyl (C=O) groups excluding carboxylic acids is 2. The Morgan fingerprint density at radius 3 is 1.88 bits per heavy atom. The third-order valence-electron chi connectivity index (χ3n) is 7.00. The largest absolute Gasteiger partial charge is 0.378 e. The van der Waals surface area contributed by atoms with Gasteiger partial charge in [-0.3, -0.25) is 19.4 Å². The first-order chi connectivity index (χ1) is 15.3. The van der Waals surface area contributed by atoms with Gasteiger partial charge in [-0.25, -0.2) is 0 Å². The first kappa shape index (κ1) is 24.5. The average molecular weight is 444 g/mol. The third-order valence-corrected chi connectivity index (χ3v) is 7.00. The molecule has 1 aromatic carbocycles. The molecule has 2 fully saturated rings. The summed E-state index contributed by atoms with van der Waals surface area (Å²) in [5.74, 6) is 0.379. The zero-order valence-electron chi connectivity index (χ0n) is 20.4. The number of hydrogen-bond donors (Lipinski definition) is 0. The number of rotatable bonds is 8. The van der Waals surface area contributed by atoms with Crippen LogP contribution in [0.5, 0.6) is 0 Å². The zero-order chi connectivity index (χ0) is 23.1. The number of nitrogens with zero attached hydrogens (tertiary/aromatic N) is 5. The molecule has 0 bridgehead atoms. The predicted octanol–water partition coefficient (Wildman–Crippen LogP) is 2.12. The van der Waals surface area contributed by atoms with Crippen molar-refractivity contribution in [2.45, 2.75) is 44.7 Å². The molecular weight excluding hydrogens is 402 g/mol. The van der Waals surface area contributed by atoms with Crippen molar-refractivity contribution in [2.75, 3.05) is 72.4 Å². The van der Waals surface area contributed by atoms with Crippen LogP contribution in [0.15, 0.2) is 24.3 Å². The second-order valence-electron chi connectivity index (χ2n) is 9.66. The van der Waals surface area contributed by atoms with Gasteiger partial charge in [0.05, 0.1) is 13.1 Å². The van der Waals surface area contributed by atoms with Crippen LogP contribution >= 0.6 is 0 Å². The molecule has 0 radical (unpaired) electrons. The number of amides is 2. The molecule has 32 heavy (non-hydrogen) atoms. The fraction of sp³-hybridized carbons (Fsp3) is 0.680. The standard InChI is InChI=1S/C25H41N5O2/c1-26(2)22-12-10-21(11-13-22)18-27(3)24(31)19-29-14-16-30(17-15-29)20-25(32)28(4)23-8-6-5-7-9-23/h10-13,23H,5-9,14-20H2,1-4H3. The number of anilines is 1. The van der Waals surface area contributed by atoms with Gasteiger partial charge in [0.25, 0.3) is 0 Å². The van der Waals surface area contributed by atoms with E-state index in [1.165, 1.54) is 19.3 Å². The van der Waals surface area contributed by atoms with Crippen LogP contribution in [0.25, 0.3) is 0 Å². The smallest absolute Gasteiger partial charge is 0.236 e. The second-order valence-corrected chi connectivity index (χ2v) is 9.66. The van der Waals surface area contributed by atoms with Crippen molar-refractivity contribution < 1.29 is 9.59 Å². The van der Waals surface area contributed by atoms with Crippen LogP contribution in [0.4, 0.5) is 5.69 Å². The summed E-state index contributed by atoms with van der Waals surface area (Å²) in [7, 11) is 7.89. The van der Waals surface area contributed by atoms with E-state index in [9.17, 15) is 9.59 Å². The van der Waals surface area contributed by atoms with Gasteiger partial charge in [-0.2, -0.15) is 0 Å². The molecule has 7 heteroatoms. The summed E-state index contributed by atoms with van der Waals surface area (Å²) >= 11 is 0. The molecule has 0 atom stereocenters. The maximum atomic E-state index is 12.7. The Morgan fingerprint density at radius 1 is 0.812 bits per heavy atom. The lowest BCUT2D eigenvalue weighted by molar-refractivity contribution is -0.135. The summed E-state index contributed by atoms with van der Waals surface area (Å²) in [5, 5.41) is 0. The Hall–Kier alpha value is -2.12. The SMILES string of the molecule is CN(Cc1ccc(N(C)C)cc1)C(=O)CN1CCN(CC(=O)N(C)C2CCCCC2)CC1. The molecular formula is C25H41N5O2. The summed E-state index contributed by atoms with van der Waals surface area (Å²) in [6.07, 6.45) is 6.07. The van der Waals surface area contributed by atoms with Crippen molar-refractivity contribution in [3.8, 4) is 0 Å². The molecule has 1 aliphatic heterocycles. The summed E-state index contributed by atoms with van der Waals surface area (Å²) in [5.41, 5.74) is 2.29. The Morgan fingerprint density at radius 2 is 1.34 bits per heavy atom. The summed E-state index contributed by atoms with van der Waals surface area (Å²) in [4.78, 5) is 35.7. The molecule has 0 spiro atoms. The van der Waals surface area contributed by atoms with Gasteiger partial charge in [0.2, 0.25) is 11.8 Å². The molecule has 1 saturated heterocycles.